The van der Waals surface area contributed by atoms with Crippen LogP contribution in [-0.2, 0) is 4.79 Å². The van der Waals surface area contributed by atoms with Gasteiger partial charge < -0.3 is 15.4 Å². The molecule has 0 unspecified atom stereocenters. The number of aromatic nitrogens is 6. The Morgan fingerprint density at radius 2 is 1.95 bits per heavy atom. The minimum atomic E-state index is -0.526. The molecule has 1 aliphatic carbocycles. The number of H-pyrrole nitrogens is 2. The van der Waals surface area contributed by atoms with Gasteiger partial charge in [-0.2, -0.15) is 5.10 Å². The number of pyridine rings is 3. The number of carbonyl (C=O) groups excluding carboxylic acids is 1. The molecule has 0 saturated heterocycles. The summed E-state index contributed by atoms with van der Waals surface area (Å²) in [7, 11) is 0. The summed E-state index contributed by atoms with van der Waals surface area (Å²) in [6, 6.07) is 13.2. The first kappa shape index (κ1) is 22.1. The minimum Gasteiger partial charge on any atom is -0.508 e. The van der Waals surface area contributed by atoms with Gasteiger partial charge in [-0.15, -0.1) is 0 Å². The molecule has 6 aromatic rings. The standard InChI is InChI=1S/C28H20FN7O2/c29-17-7-15(9-19(37)10-17)20-5-6-31-27-21(20)11-24(34-27)26-25-23(35-36-26)4-3-22(33-25)16-8-18(13-30-12-16)32-28(38)14-1-2-14/h3-14,37H,1-2H2,(H,31,34)(H,32,38)(H,35,36). The fourth-order valence-electron chi connectivity index (χ4n) is 4.62. The van der Waals surface area contributed by atoms with Crippen LogP contribution in [0.2, 0.25) is 0 Å². The number of hydrogen-bond acceptors (Lipinski definition) is 6. The Morgan fingerprint density at radius 1 is 1.05 bits per heavy atom. The lowest BCUT2D eigenvalue weighted by molar-refractivity contribution is -0.117. The van der Waals surface area contributed by atoms with Gasteiger partial charge in [-0.3, -0.25) is 14.9 Å². The summed E-state index contributed by atoms with van der Waals surface area (Å²) in [5, 5.41) is 21.1. The molecule has 9 nitrogen and oxygen atoms in total. The lowest BCUT2D eigenvalue weighted by Gasteiger charge is -2.06. The van der Waals surface area contributed by atoms with Gasteiger partial charge in [0, 0.05) is 35.3 Å². The lowest BCUT2D eigenvalue weighted by Crippen LogP contribution is -2.13. The number of carbonyl (C=O) groups is 1. The van der Waals surface area contributed by atoms with E-state index in [1.165, 1.54) is 12.1 Å². The van der Waals surface area contributed by atoms with E-state index in [1.807, 2.05) is 24.3 Å². The number of halogens is 1. The molecule has 5 heterocycles. The number of benzene rings is 1. The highest BCUT2D eigenvalue weighted by Crippen LogP contribution is 2.35. The Kier molecular flexibility index (Phi) is 4.93. The molecule has 0 bridgehead atoms. The normalized spacial score (nSPS) is 13.3. The van der Waals surface area contributed by atoms with E-state index in [9.17, 15) is 14.3 Å². The van der Waals surface area contributed by atoms with Gasteiger partial charge in [0.05, 0.1) is 28.8 Å². The van der Waals surface area contributed by atoms with Crippen LogP contribution >= 0.6 is 0 Å². The Hall–Kier alpha value is -5.12. The van der Waals surface area contributed by atoms with Crippen molar-refractivity contribution in [2.75, 3.05) is 5.32 Å². The highest BCUT2D eigenvalue weighted by atomic mass is 19.1. The molecule has 38 heavy (non-hydrogen) atoms. The third kappa shape index (κ3) is 3.92. The first-order valence-electron chi connectivity index (χ1n) is 12.1. The molecule has 10 heteroatoms. The van der Waals surface area contributed by atoms with Gasteiger partial charge in [0.25, 0.3) is 0 Å². The molecular weight excluding hydrogens is 485 g/mol. The van der Waals surface area contributed by atoms with Crippen LogP contribution in [0.3, 0.4) is 0 Å². The molecule has 0 atom stereocenters. The maximum Gasteiger partial charge on any atom is 0.227 e. The largest absolute Gasteiger partial charge is 0.508 e. The zero-order chi connectivity index (χ0) is 25.8. The maximum absolute atomic E-state index is 14.0. The first-order valence-corrected chi connectivity index (χ1v) is 12.1. The van der Waals surface area contributed by atoms with Crippen molar-refractivity contribution in [2.24, 2.45) is 5.92 Å². The quantitative estimate of drug-likeness (QED) is 0.247. The molecule has 0 spiro atoms. The van der Waals surface area contributed by atoms with E-state index in [0.29, 0.717) is 39.5 Å². The number of phenols is 1. The second-order valence-corrected chi connectivity index (χ2v) is 9.39. The third-order valence-corrected chi connectivity index (χ3v) is 6.64. The number of amides is 1. The fourth-order valence-corrected chi connectivity index (χ4v) is 4.62. The fraction of sp³-hybridized carbons (Fsp3) is 0.107. The molecular formula is C28H20FN7O2. The van der Waals surface area contributed by atoms with E-state index in [2.05, 4.69) is 30.5 Å². The summed E-state index contributed by atoms with van der Waals surface area (Å²) in [5.41, 5.74) is 6.59. The summed E-state index contributed by atoms with van der Waals surface area (Å²) >= 11 is 0. The number of aromatic amines is 2. The molecule has 1 fully saturated rings. The Bertz CT molecular complexity index is 1850. The van der Waals surface area contributed by atoms with E-state index < -0.39 is 5.82 Å². The van der Waals surface area contributed by atoms with Gasteiger partial charge in [0.15, 0.2) is 0 Å². The molecule has 4 N–H and O–H groups in total. The number of hydrogen-bond donors (Lipinski definition) is 4. The summed E-state index contributed by atoms with van der Waals surface area (Å²) in [5.74, 6) is -0.563. The van der Waals surface area contributed by atoms with Crippen LogP contribution in [0.4, 0.5) is 10.1 Å². The third-order valence-electron chi connectivity index (χ3n) is 6.64. The van der Waals surface area contributed by atoms with Crippen LogP contribution < -0.4 is 5.32 Å². The van der Waals surface area contributed by atoms with Crippen LogP contribution in [0.25, 0.3) is 55.8 Å². The minimum absolute atomic E-state index is 0.0183. The number of nitrogens with zero attached hydrogens (tertiary/aromatic N) is 4. The van der Waals surface area contributed by atoms with Crippen LogP contribution in [0, 0.1) is 11.7 Å². The highest BCUT2D eigenvalue weighted by Gasteiger charge is 2.29. The Morgan fingerprint density at radius 3 is 2.79 bits per heavy atom. The van der Waals surface area contributed by atoms with Crippen LogP contribution in [0.15, 0.2) is 67.1 Å². The van der Waals surface area contributed by atoms with Gasteiger partial charge in [-0.25, -0.2) is 14.4 Å². The second-order valence-electron chi connectivity index (χ2n) is 9.39. The lowest BCUT2D eigenvalue weighted by atomic mass is 10.0. The SMILES string of the molecule is O=C(Nc1cncc(-c2ccc3[nH]nc(-c4cc5c(-c6cc(O)cc(F)c6)ccnc5[nH]4)c3n2)c1)C1CC1. The van der Waals surface area contributed by atoms with Crippen molar-refractivity contribution in [1.82, 2.24) is 30.1 Å². The van der Waals surface area contributed by atoms with E-state index in [-0.39, 0.29) is 17.6 Å². The highest BCUT2D eigenvalue weighted by molar-refractivity contribution is 5.99. The number of aromatic hydroxyl groups is 1. The van der Waals surface area contributed by atoms with Crippen LogP contribution in [0.1, 0.15) is 12.8 Å². The van der Waals surface area contributed by atoms with Crippen molar-refractivity contribution in [3.8, 4) is 39.5 Å². The van der Waals surface area contributed by atoms with E-state index in [1.54, 1.807) is 24.7 Å². The van der Waals surface area contributed by atoms with Crippen molar-refractivity contribution < 1.29 is 14.3 Å². The van der Waals surface area contributed by atoms with Gasteiger partial charge in [-0.1, -0.05) is 0 Å². The average Bonchev–Trinajstić information content (AvgIpc) is 3.54. The molecule has 1 saturated carbocycles. The summed E-state index contributed by atoms with van der Waals surface area (Å²) in [6.07, 6.45) is 6.81. The number of phenolic OH excluding ortho intramolecular Hbond substituents is 1. The molecule has 5 aromatic heterocycles. The Labute approximate surface area is 214 Å². The smallest absolute Gasteiger partial charge is 0.227 e. The zero-order valence-electron chi connectivity index (χ0n) is 19.9. The topological polar surface area (TPSA) is 132 Å². The number of anilines is 1. The molecule has 1 aliphatic rings. The van der Waals surface area contributed by atoms with E-state index >= 15 is 0 Å². The predicted molar refractivity (Wildman–Crippen MR) is 141 cm³/mol. The van der Waals surface area contributed by atoms with Crippen LogP contribution in [-0.4, -0.2) is 41.1 Å². The van der Waals surface area contributed by atoms with Gasteiger partial charge in [0.2, 0.25) is 5.91 Å². The van der Waals surface area contributed by atoms with Crippen LogP contribution in [0.5, 0.6) is 5.75 Å². The van der Waals surface area contributed by atoms with Crippen molar-refractivity contribution in [3.05, 3.63) is 72.9 Å². The number of fused-ring (bicyclic) bond motifs is 2. The molecule has 186 valence electrons. The van der Waals surface area contributed by atoms with Gasteiger partial charge in [-0.05, 0) is 66.4 Å². The molecule has 0 aliphatic heterocycles. The number of nitrogens with one attached hydrogen (secondary N) is 3. The monoisotopic (exact) mass is 505 g/mol. The summed E-state index contributed by atoms with van der Waals surface area (Å²) in [4.78, 5) is 29.0. The van der Waals surface area contributed by atoms with Gasteiger partial charge >= 0.3 is 0 Å². The summed E-state index contributed by atoms with van der Waals surface area (Å²) < 4.78 is 14.0. The molecule has 0 radical (unpaired) electrons. The Balaban J connectivity index is 1.29. The maximum atomic E-state index is 14.0. The van der Waals surface area contributed by atoms with E-state index in [4.69, 9.17) is 4.98 Å². The summed E-state index contributed by atoms with van der Waals surface area (Å²) in [6.45, 7) is 0. The van der Waals surface area contributed by atoms with E-state index in [0.717, 1.165) is 40.9 Å². The molecule has 7 rings (SSSR count). The second kappa shape index (κ2) is 8.48. The van der Waals surface area contributed by atoms with Gasteiger partial charge in [0.1, 0.15) is 28.4 Å². The predicted octanol–water partition coefficient (Wildman–Crippen LogP) is 5.42. The van der Waals surface area contributed by atoms with Crippen molar-refractivity contribution in [1.29, 1.82) is 0 Å². The van der Waals surface area contributed by atoms with Crippen molar-refractivity contribution in [2.45, 2.75) is 12.8 Å². The number of rotatable bonds is 5. The first-order chi connectivity index (χ1) is 18.5. The molecule has 1 amide bonds. The molecule has 1 aromatic carbocycles. The average molecular weight is 506 g/mol. The zero-order valence-corrected chi connectivity index (χ0v) is 19.9. The van der Waals surface area contributed by atoms with Crippen molar-refractivity contribution >= 4 is 33.7 Å². The van der Waals surface area contributed by atoms with Crippen molar-refractivity contribution in [3.63, 3.8) is 0 Å².